The summed E-state index contributed by atoms with van der Waals surface area (Å²) >= 11 is 1.64. The summed E-state index contributed by atoms with van der Waals surface area (Å²) in [7, 11) is 0. The van der Waals surface area contributed by atoms with Crippen molar-refractivity contribution < 1.29 is 9.47 Å². The molecule has 3 heteroatoms. The molecule has 1 aliphatic carbocycles. The van der Waals surface area contributed by atoms with Crippen molar-refractivity contribution in [2.24, 2.45) is 10.8 Å². The average molecular weight is 238 g/mol. The highest BCUT2D eigenvalue weighted by atomic mass is 32.1. The van der Waals surface area contributed by atoms with Gasteiger partial charge in [-0.2, -0.15) is 0 Å². The van der Waals surface area contributed by atoms with Gasteiger partial charge in [-0.1, -0.05) is 27.7 Å². The van der Waals surface area contributed by atoms with Crippen LogP contribution in [0.4, 0.5) is 0 Å². The monoisotopic (exact) mass is 238 g/mol. The lowest BCUT2D eigenvalue weighted by molar-refractivity contribution is -0.0271. The molecule has 88 valence electrons. The van der Waals surface area contributed by atoms with E-state index in [1.807, 2.05) is 10.8 Å². The Morgan fingerprint density at radius 3 is 1.88 bits per heavy atom. The summed E-state index contributed by atoms with van der Waals surface area (Å²) < 4.78 is 12.3. The topological polar surface area (TPSA) is 18.5 Å². The standard InChI is InChI=1S/C13H18O2S/c1-12(2)7-13(3,4)11-10(12)14-8-5-16-6-9(8)15-11/h5-6,10-11H,7H2,1-4H3. The van der Waals surface area contributed by atoms with Gasteiger partial charge in [0.15, 0.2) is 11.5 Å². The van der Waals surface area contributed by atoms with E-state index in [0.717, 1.165) is 17.9 Å². The van der Waals surface area contributed by atoms with Crippen molar-refractivity contribution in [3.8, 4) is 11.5 Å². The van der Waals surface area contributed by atoms with Gasteiger partial charge in [-0.05, 0) is 6.42 Å². The second-order valence-corrected chi connectivity index (χ2v) is 7.07. The molecular formula is C13H18O2S. The van der Waals surface area contributed by atoms with Crippen LogP contribution < -0.4 is 9.47 Å². The largest absolute Gasteiger partial charge is 0.481 e. The van der Waals surface area contributed by atoms with Gasteiger partial charge in [0.25, 0.3) is 0 Å². The molecule has 1 aliphatic heterocycles. The molecule has 0 spiro atoms. The summed E-state index contributed by atoms with van der Waals surface area (Å²) in [4.78, 5) is 0. The molecule has 1 fully saturated rings. The number of fused-ring (bicyclic) bond motifs is 2. The van der Waals surface area contributed by atoms with Crippen LogP contribution in [0.2, 0.25) is 0 Å². The van der Waals surface area contributed by atoms with Crippen LogP contribution in [0.5, 0.6) is 11.5 Å². The van der Waals surface area contributed by atoms with Crippen LogP contribution in [-0.2, 0) is 0 Å². The number of ether oxygens (including phenoxy) is 2. The zero-order chi connectivity index (χ0) is 11.6. The van der Waals surface area contributed by atoms with Crippen molar-refractivity contribution >= 4 is 11.3 Å². The molecule has 2 unspecified atom stereocenters. The third-order valence-electron chi connectivity index (χ3n) is 3.83. The van der Waals surface area contributed by atoms with Crippen LogP contribution in [0.1, 0.15) is 34.1 Å². The van der Waals surface area contributed by atoms with Gasteiger partial charge in [0, 0.05) is 21.6 Å². The van der Waals surface area contributed by atoms with Crippen LogP contribution in [0, 0.1) is 10.8 Å². The number of rotatable bonds is 0. The van der Waals surface area contributed by atoms with E-state index < -0.39 is 0 Å². The van der Waals surface area contributed by atoms with Crippen molar-refractivity contribution in [1.29, 1.82) is 0 Å². The molecule has 0 aromatic carbocycles. The van der Waals surface area contributed by atoms with Gasteiger partial charge in [-0.15, -0.1) is 11.3 Å². The van der Waals surface area contributed by atoms with E-state index in [2.05, 4.69) is 27.7 Å². The lowest BCUT2D eigenvalue weighted by atomic mass is 9.84. The summed E-state index contributed by atoms with van der Waals surface area (Å²) in [6.45, 7) is 9.11. The van der Waals surface area contributed by atoms with Crippen molar-refractivity contribution in [3.63, 3.8) is 0 Å². The first kappa shape index (κ1) is 10.5. The predicted molar refractivity (Wildman–Crippen MR) is 65.3 cm³/mol. The SMILES string of the molecule is CC1(C)CC(C)(C)C2Oc3cscc3OC21. The second-order valence-electron chi connectivity index (χ2n) is 6.33. The minimum absolute atomic E-state index is 0.185. The van der Waals surface area contributed by atoms with Gasteiger partial charge in [-0.3, -0.25) is 0 Å². The Labute approximate surface area is 101 Å². The highest BCUT2D eigenvalue weighted by molar-refractivity contribution is 7.08. The first-order valence-corrected chi connectivity index (χ1v) is 6.74. The fraction of sp³-hybridized carbons (Fsp3) is 0.692. The van der Waals surface area contributed by atoms with E-state index in [-0.39, 0.29) is 23.0 Å². The molecular weight excluding hydrogens is 220 g/mol. The first-order chi connectivity index (χ1) is 7.40. The quantitative estimate of drug-likeness (QED) is 0.686. The molecule has 1 aromatic heterocycles. The van der Waals surface area contributed by atoms with Crippen LogP contribution in [0.25, 0.3) is 0 Å². The summed E-state index contributed by atoms with van der Waals surface area (Å²) in [6.07, 6.45) is 1.51. The van der Waals surface area contributed by atoms with Gasteiger partial charge in [0.2, 0.25) is 0 Å². The highest BCUT2D eigenvalue weighted by Crippen LogP contribution is 2.55. The predicted octanol–water partition coefficient (Wildman–Crippen LogP) is 3.71. The molecule has 0 N–H and O–H groups in total. The Kier molecular flexibility index (Phi) is 1.93. The van der Waals surface area contributed by atoms with Crippen molar-refractivity contribution in [1.82, 2.24) is 0 Å². The summed E-state index contributed by atoms with van der Waals surface area (Å²) in [6, 6.07) is 0. The van der Waals surface area contributed by atoms with Crippen molar-refractivity contribution in [3.05, 3.63) is 10.8 Å². The average Bonchev–Trinajstić information content (AvgIpc) is 2.66. The maximum atomic E-state index is 6.13. The molecule has 3 rings (SSSR count). The minimum Gasteiger partial charge on any atom is -0.481 e. The fourth-order valence-electron chi connectivity index (χ4n) is 3.36. The molecule has 0 bridgehead atoms. The van der Waals surface area contributed by atoms with E-state index in [4.69, 9.17) is 9.47 Å². The Hall–Kier alpha value is -0.700. The lowest BCUT2D eigenvalue weighted by Gasteiger charge is -2.36. The lowest BCUT2D eigenvalue weighted by Crippen LogP contribution is -2.46. The van der Waals surface area contributed by atoms with Gasteiger partial charge in [-0.25, -0.2) is 0 Å². The molecule has 0 radical (unpaired) electrons. The molecule has 0 amide bonds. The second kappa shape index (κ2) is 2.95. The van der Waals surface area contributed by atoms with Crippen molar-refractivity contribution in [2.45, 2.75) is 46.3 Å². The summed E-state index contributed by atoms with van der Waals surface area (Å²) in [5.74, 6) is 1.86. The zero-order valence-electron chi connectivity index (χ0n) is 10.2. The van der Waals surface area contributed by atoms with Crippen LogP contribution in [0.15, 0.2) is 10.8 Å². The van der Waals surface area contributed by atoms with Crippen LogP contribution >= 0.6 is 11.3 Å². The molecule has 0 saturated heterocycles. The Morgan fingerprint density at radius 2 is 1.44 bits per heavy atom. The van der Waals surface area contributed by atoms with E-state index in [1.165, 1.54) is 0 Å². The van der Waals surface area contributed by atoms with Crippen LogP contribution in [-0.4, -0.2) is 12.2 Å². The van der Waals surface area contributed by atoms with Crippen molar-refractivity contribution in [2.75, 3.05) is 0 Å². The maximum absolute atomic E-state index is 6.13. The van der Waals surface area contributed by atoms with E-state index in [0.29, 0.717) is 0 Å². The number of hydrogen-bond donors (Lipinski definition) is 0. The van der Waals surface area contributed by atoms with E-state index >= 15 is 0 Å². The molecule has 2 aliphatic rings. The number of hydrogen-bond acceptors (Lipinski definition) is 3. The third-order valence-corrected chi connectivity index (χ3v) is 4.53. The fourth-order valence-corrected chi connectivity index (χ4v) is 4.02. The van der Waals surface area contributed by atoms with Gasteiger partial charge < -0.3 is 9.47 Å². The molecule has 1 saturated carbocycles. The molecule has 1 aromatic rings. The number of thiophene rings is 1. The summed E-state index contributed by atoms with van der Waals surface area (Å²) in [5, 5.41) is 4.07. The Bertz CT molecular complexity index is 383. The van der Waals surface area contributed by atoms with Crippen LogP contribution in [0.3, 0.4) is 0 Å². The Morgan fingerprint density at radius 1 is 1.00 bits per heavy atom. The Balaban J connectivity index is 2.02. The first-order valence-electron chi connectivity index (χ1n) is 5.80. The van der Waals surface area contributed by atoms with Gasteiger partial charge in [0.1, 0.15) is 12.2 Å². The smallest absolute Gasteiger partial charge is 0.172 e. The maximum Gasteiger partial charge on any atom is 0.172 e. The minimum atomic E-state index is 0.185. The third kappa shape index (κ3) is 1.30. The molecule has 2 heterocycles. The van der Waals surface area contributed by atoms with E-state index in [1.54, 1.807) is 11.3 Å². The highest BCUT2D eigenvalue weighted by Gasteiger charge is 2.57. The molecule has 2 nitrogen and oxygen atoms in total. The summed E-state index contributed by atoms with van der Waals surface area (Å²) in [5.41, 5.74) is 0.377. The van der Waals surface area contributed by atoms with Gasteiger partial charge in [0.05, 0.1) is 0 Å². The molecule has 2 atom stereocenters. The van der Waals surface area contributed by atoms with E-state index in [9.17, 15) is 0 Å². The normalized spacial score (nSPS) is 33.5. The molecule has 16 heavy (non-hydrogen) atoms. The zero-order valence-corrected chi connectivity index (χ0v) is 11.1. The van der Waals surface area contributed by atoms with Gasteiger partial charge >= 0.3 is 0 Å².